The van der Waals surface area contributed by atoms with E-state index in [9.17, 15) is 9.59 Å². The summed E-state index contributed by atoms with van der Waals surface area (Å²) in [5.74, 6) is 0.946. The largest absolute Gasteiger partial charge is 0.489 e. The van der Waals surface area contributed by atoms with Crippen molar-refractivity contribution < 1.29 is 24.2 Å². The Morgan fingerprint density at radius 1 is 1.50 bits per heavy atom. The number of aliphatic carboxylic acids is 1. The number of anilines is 1. The molecule has 2 aliphatic heterocycles. The van der Waals surface area contributed by atoms with Gasteiger partial charge in [-0.05, 0) is 37.1 Å². The van der Waals surface area contributed by atoms with Gasteiger partial charge in [-0.15, -0.1) is 0 Å². The molecule has 1 aliphatic carbocycles. The lowest BCUT2D eigenvalue weighted by Gasteiger charge is -2.18. The summed E-state index contributed by atoms with van der Waals surface area (Å²) in [5.41, 5.74) is 1.59. The van der Waals surface area contributed by atoms with E-state index in [4.69, 9.17) is 14.6 Å². The zero-order valence-corrected chi connectivity index (χ0v) is 14.2. The van der Waals surface area contributed by atoms with Crippen LogP contribution in [0.15, 0.2) is 48.1 Å². The number of carboxylic acids is 1. The smallest absolute Gasteiger partial charge is 0.311 e. The van der Waals surface area contributed by atoms with Gasteiger partial charge in [0.15, 0.2) is 0 Å². The third-order valence-corrected chi connectivity index (χ3v) is 4.83. The molecule has 7 heteroatoms. The predicted octanol–water partition coefficient (Wildman–Crippen LogP) is 2.42. The Balaban J connectivity index is 1.46. The first kappa shape index (κ1) is 16.4. The number of ether oxygens (including phenoxy) is 2. The van der Waals surface area contributed by atoms with E-state index in [1.165, 1.54) is 0 Å². The minimum atomic E-state index is -0.843. The molecule has 2 N–H and O–H groups in total. The van der Waals surface area contributed by atoms with Crippen molar-refractivity contribution in [1.29, 1.82) is 0 Å². The Morgan fingerprint density at radius 2 is 2.31 bits per heavy atom. The number of carbonyl (C=O) groups is 2. The van der Waals surface area contributed by atoms with Crippen molar-refractivity contribution in [2.75, 3.05) is 5.32 Å². The second-order valence-electron chi connectivity index (χ2n) is 6.59. The van der Waals surface area contributed by atoms with E-state index in [2.05, 4.69) is 16.9 Å². The summed E-state index contributed by atoms with van der Waals surface area (Å²) < 4.78 is 11.5. The number of carboxylic acid groups (broad SMARTS) is 1. The van der Waals surface area contributed by atoms with Crippen LogP contribution >= 0.6 is 0 Å². The van der Waals surface area contributed by atoms with E-state index in [-0.39, 0.29) is 17.9 Å². The molecule has 3 atom stereocenters. The highest BCUT2D eigenvalue weighted by Crippen LogP contribution is 2.55. The van der Waals surface area contributed by atoms with Crippen LogP contribution < -0.4 is 10.1 Å². The van der Waals surface area contributed by atoms with Crippen molar-refractivity contribution in [3.05, 3.63) is 53.6 Å². The molecular weight excluding hydrogens is 336 g/mol. The zero-order valence-electron chi connectivity index (χ0n) is 14.2. The predicted molar refractivity (Wildman–Crippen MR) is 92.3 cm³/mol. The van der Waals surface area contributed by atoms with Crippen molar-refractivity contribution in [3.8, 4) is 5.75 Å². The molecule has 0 aromatic carbocycles. The molecule has 4 rings (SSSR count). The number of nitrogens with zero attached hydrogens (tertiary/aromatic N) is 1. The molecule has 134 valence electrons. The van der Waals surface area contributed by atoms with E-state index in [1.54, 1.807) is 24.4 Å². The van der Waals surface area contributed by atoms with Gasteiger partial charge in [0, 0.05) is 24.1 Å². The lowest BCUT2D eigenvalue weighted by molar-refractivity contribution is -0.139. The molecule has 0 spiro atoms. The van der Waals surface area contributed by atoms with Crippen LogP contribution in [0.4, 0.5) is 5.82 Å². The second-order valence-corrected chi connectivity index (χ2v) is 6.59. The molecular formula is C19H18N2O5. The van der Waals surface area contributed by atoms with Crippen molar-refractivity contribution in [2.24, 2.45) is 11.8 Å². The highest BCUT2D eigenvalue weighted by molar-refractivity contribution is 5.93. The minimum Gasteiger partial charge on any atom is -0.489 e. The molecule has 0 radical (unpaired) electrons. The number of allylic oxidation sites excluding steroid dienone is 4. The number of pyridine rings is 1. The molecule has 1 saturated carbocycles. The molecule has 7 nitrogen and oxygen atoms in total. The SMILES string of the molecule is C=C1/C(=C\C=C(/C)Oc2ccnc3c2CCC(=O)N3)O[C@H]2[C@@H]1[C@@H]2C(=O)O. The fraction of sp³-hybridized carbons (Fsp3) is 0.316. The first-order valence-electron chi connectivity index (χ1n) is 8.38. The van der Waals surface area contributed by atoms with E-state index in [0.717, 1.165) is 11.1 Å². The van der Waals surface area contributed by atoms with Gasteiger partial charge >= 0.3 is 5.97 Å². The average Bonchev–Trinajstić information content (AvgIpc) is 3.23. The molecule has 1 aromatic heterocycles. The number of carbonyl (C=O) groups excluding carboxylic acids is 1. The number of amides is 1. The fourth-order valence-corrected chi connectivity index (χ4v) is 3.43. The summed E-state index contributed by atoms with van der Waals surface area (Å²) >= 11 is 0. The Bertz CT molecular complexity index is 886. The highest BCUT2D eigenvalue weighted by Gasteiger charge is 2.63. The Morgan fingerprint density at radius 3 is 3.00 bits per heavy atom. The normalized spacial score (nSPS) is 28.1. The highest BCUT2D eigenvalue weighted by atomic mass is 16.5. The lowest BCUT2D eigenvalue weighted by Crippen LogP contribution is -2.20. The number of aromatic nitrogens is 1. The number of hydrogen-bond acceptors (Lipinski definition) is 5. The molecule has 1 amide bonds. The van der Waals surface area contributed by atoms with E-state index in [0.29, 0.717) is 35.9 Å². The Labute approximate surface area is 150 Å². The van der Waals surface area contributed by atoms with Crippen LogP contribution in [-0.2, 0) is 20.7 Å². The second kappa shape index (κ2) is 6.01. The van der Waals surface area contributed by atoms with Crippen LogP contribution in [0.5, 0.6) is 5.75 Å². The lowest BCUT2D eigenvalue weighted by atomic mass is 10.1. The molecule has 3 aliphatic rings. The third-order valence-electron chi connectivity index (χ3n) is 4.83. The van der Waals surface area contributed by atoms with Gasteiger partial charge in [-0.25, -0.2) is 4.98 Å². The maximum Gasteiger partial charge on any atom is 0.311 e. The summed E-state index contributed by atoms with van der Waals surface area (Å²) in [6.45, 7) is 5.75. The first-order valence-corrected chi connectivity index (χ1v) is 8.38. The molecule has 26 heavy (non-hydrogen) atoms. The zero-order chi connectivity index (χ0) is 18.4. The Hall–Kier alpha value is -3.09. The van der Waals surface area contributed by atoms with Crippen molar-refractivity contribution in [2.45, 2.75) is 25.9 Å². The van der Waals surface area contributed by atoms with Gasteiger partial charge in [-0.1, -0.05) is 6.58 Å². The summed E-state index contributed by atoms with van der Waals surface area (Å²) in [5, 5.41) is 11.8. The van der Waals surface area contributed by atoms with Gasteiger partial charge in [0.2, 0.25) is 5.91 Å². The van der Waals surface area contributed by atoms with Crippen molar-refractivity contribution >= 4 is 17.7 Å². The van der Waals surface area contributed by atoms with E-state index in [1.807, 2.05) is 6.92 Å². The van der Waals surface area contributed by atoms with Crippen LogP contribution in [0.25, 0.3) is 0 Å². The Kier molecular flexibility index (Phi) is 3.79. The van der Waals surface area contributed by atoms with Gasteiger partial charge in [0.05, 0.1) is 0 Å². The van der Waals surface area contributed by atoms with Crippen LogP contribution in [0, 0.1) is 11.8 Å². The van der Waals surface area contributed by atoms with E-state index >= 15 is 0 Å². The van der Waals surface area contributed by atoms with Crippen molar-refractivity contribution in [3.63, 3.8) is 0 Å². The summed E-state index contributed by atoms with van der Waals surface area (Å²) in [6.07, 6.45) is 5.79. The molecule has 1 aromatic rings. The van der Waals surface area contributed by atoms with Gasteiger partial charge < -0.3 is 19.9 Å². The molecule has 3 heterocycles. The first-order chi connectivity index (χ1) is 12.5. The number of nitrogens with one attached hydrogen (secondary N) is 1. The third kappa shape index (κ3) is 2.75. The van der Waals surface area contributed by atoms with Gasteiger partial charge in [0.25, 0.3) is 0 Å². The summed E-state index contributed by atoms with van der Waals surface area (Å²) in [7, 11) is 0. The van der Waals surface area contributed by atoms with Crippen molar-refractivity contribution in [1.82, 2.24) is 4.98 Å². The monoisotopic (exact) mass is 354 g/mol. The quantitative estimate of drug-likeness (QED) is 0.806. The van der Waals surface area contributed by atoms with Gasteiger partial charge in [-0.2, -0.15) is 0 Å². The topological polar surface area (TPSA) is 97.8 Å². The fourth-order valence-electron chi connectivity index (χ4n) is 3.43. The molecule has 0 unspecified atom stereocenters. The van der Waals surface area contributed by atoms with E-state index < -0.39 is 11.9 Å². The standard InChI is InChI=1S/C19H18N2O5/c1-9(3-5-12-10(2)15-16(19(23)24)17(15)26-12)25-13-7-8-20-18-11(13)4-6-14(22)21-18/h3,5,7-8,15-17H,2,4,6H2,1H3,(H,23,24)(H,20,21,22)/b9-3+,12-5+/t15-,16-,17-/m0/s1. The molecule has 1 saturated heterocycles. The number of rotatable bonds is 4. The van der Waals surface area contributed by atoms with Gasteiger partial charge in [0.1, 0.15) is 35.1 Å². The van der Waals surface area contributed by atoms with Crippen LogP contribution in [-0.4, -0.2) is 28.1 Å². The number of hydrogen-bond donors (Lipinski definition) is 2. The van der Waals surface area contributed by atoms with Crippen LogP contribution in [0.1, 0.15) is 18.9 Å². The summed E-state index contributed by atoms with van der Waals surface area (Å²) in [6, 6.07) is 1.76. The average molecular weight is 354 g/mol. The minimum absolute atomic E-state index is 0.0470. The maximum absolute atomic E-state index is 11.5. The maximum atomic E-state index is 11.5. The van der Waals surface area contributed by atoms with Crippen LogP contribution in [0.2, 0.25) is 0 Å². The van der Waals surface area contributed by atoms with Gasteiger partial charge in [-0.3, -0.25) is 9.59 Å². The molecule has 0 bridgehead atoms. The number of fused-ring (bicyclic) bond motifs is 2. The summed E-state index contributed by atoms with van der Waals surface area (Å²) in [4.78, 5) is 26.7. The molecule has 2 fully saturated rings. The van der Waals surface area contributed by atoms with Crippen LogP contribution in [0.3, 0.4) is 0 Å².